The van der Waals surface area contributed by atoms with Gasteiger partial charge in [0.2, 0.25) is 0 Å². The minimum Gasteiger partial charge on any atom is -0.497 e. The predicted molar refractivity (Wildman–Crippen MR) is 113 cm³/mol. The van der Waals surface area contributed by atoms with Gasteiger partial charge in [0.1, 0.15) is 11.4 Å². The number of carbonyl (C=O) groups is 1. The Morgan fingerprint density at radius 1 is 1.17 bits per heavy atom. The number of methoxy groups -OCH3 is 1. The summed E-state index contributed by atoms with van der Waals surface area (Å²) in [6, 6.07) is 15.0. The number of nitrogens with zero attached hydrogens (tertiary/aromatic N) is 4. The average molecular weight is 409 g/mol. The Labute approximate surface area is 174 Å². The summed E-state index contributed by atoms with van der Waals surface area (Å²) in [6.45, 7) is 1.18. The van der Waals surface area contributed by atoms with Gasteiger partial charge in [-0.25, -0.2) is 4.68 Å². The first-order chi connectivity index (χ1) is 14.4. The van der Waals surface area contributed by atoms with E-state index in [1.807, 2.05) is 43.3 Å². The summed E-state index contributed by atoms with van der Waals surface area (Å²) in [5.41, 5.74) is 2.29. The maximum atomic E-state index is 12.8. The van der Waals surface area contributed by atoms with E-state index >= 15 is 0 Å². The first-order valence-corrected chi connectivity index (χ1v) is 9.31. The van der Waals surface area contributed by atoms with Crippen molar-refractivity contribution in [2.75, 3.05) is 34.3 Å². The number of hydrogen-bond acceptors (Lipinski definition) is 6. The summed E-state index contributed by atoms with van der Waals surface area (Å²) in [7, 11) is 5.44. The molecule has 0 atom stereocenters. The molecule has 9 heteroatoms. The van der Waals surface area contributed by atoms with Crippen molar-refractivity contribution < 1.29 is 14.5 Å². The molecule has 0 fully saturated rings. The molecular formula is C21H23N5O4. The van der Waals surface area contributed by atoms with Crippen LogP contribution < -0.4 is 10.1 Å². The fourth-order valence-electron chi connectivity index (χ4n) is 2.84. The number of nitro groups is 1. The van der Waals surface area contributed by atoms with E-state index in [0.29, 0.717) is 30.2 Å². The molecule has 0 aliphatic heterocycles. The van der Waals surface area contributed by atoms with Crippen LogP contribution in [0.3, 0.4) is 0 Å². The van der Waals surface area contributed by atoms with Crippen LogP contribution in [0.4, 0.5) is 5.69 Å². The van der Waals surface area contributed by atoms with Crippen LogP contribution in [-0.4, -0.2) is 59.8 Å². The molecule has 0 saturated heterocycles. The number of aromatic nitrogens is 2. The Hall–Kier alpha value is -3.72. The van der Waals surface area contributed by atoms with Gasteiger partial charge in [0.25, 0.3) is 11.6 Å². The van der Waals surface area contributed by atoms with Crippen LogP contribution in [0, 0.1) is 10.1 Å². The van der Waals surface area contributed by atoms with Gasteiger partial charge in [0, 0.05) is 30.8 Å². The molecule has 0 radical (unpaired) electrons. The van der Waals surface area contributed by atoms with Crippen molar-refractivity contribution in [3.05, 3.63) is 70.4 Å². The number of ether oxygens (including phenoxy) is 1. The molecule has 0 unspecified atom stereocenters. The molecule has 1 heterocycles. The van der Waals surface area contributed by atoms with Crippen molar-refractivity contribution in [3.63, 3.8) is 0 Å². The lowest BCUT2D eigenvalue weighted by Gasteiger charge is -2.11. The Kier molecular flexibility index (Phi) is 6.43. The number of hydrogen-bond donors (Lipinski definition) is 1. The second-order valence-electron chi connectivity index (χ2n) is 6.89. The maximum Gasteiger partial charge on any atom is 0.270 e. The number of likely N-dealkylation sites (N-methyl/N-ethyl adjacent to an activating group) is 1. The number of non-ortho nitro benzene ring substituents is 1. The van der Waals surface area contributed by atoms with Crippen molar-refractivity contribution in [2.24, 2.45) is 0 Å². The molecule has 3 rings (SSSR count). The van der Waals surface area contributed by atoms with E-state index in [1.54, 1.807) is 25.3 Å². The number of benzene rings is 2. The van der Waals surface area contributed by atoms with Crippen LogP contribution >= 0.6 is 0 Å². The Morgan fingerprint density at radius 3 is 2.40 bits per heavy atom. The van der Waals surface area contributed by atoms with E-state index in [-0.39, 0.29) is 11.6 Å². The van der Waals surface area contributed by atoms with Gasteiger partial charge in [0.15, 0.2) is 0 Å². The molecule has 2 aromatic carbocycles. The topological polar surface area (TPSA) is 103 Å². The second-order valence-corrected chi connectivity index (χ2v) is 6.89. The van der Waals surface area contributed by atoms with Crippen LogP contribution in [0.25, 0.3) is 16.9 Å². The second kappa shape index (κ2) is 9.19. The molecule has 1 aromatic heterocycles. The summed E-state index contributed by atoms with van der Waals surface area (Å²) in [6.07, 6.45) is 0. The molecule has 0 aliphatic rings. The van der Waals surface area contributed by atoms with Gasteiger partial charge in [0.05, 0.1) is 23.4 Å². The maximum absolute atomic E-state index is 12.8. The number of rotatable bonds is 8. The third-order valence-electron chi connectivity index (χ3n) is 4.48. The van der Waals surface area contributed by atoms with Crippen molar-refractivity contribution in [3.8, 4) is 22.7 Å². The van der Waals surface area contributed by atoms with Gasteiger partial charge >= 0.3 is 0 Å². The molecule has 0 aliphatic carbocycles. The minimum absolute atomic E-state index is 0.0294. The highest BCUT2D eigenvalue weighted by Crippen LogP contribution is 2.25. The van der Waals surface area contributed by atoms with Gasteiger partial charge in [-0.2, -0.15) is 5.10 Å². The van der Waals surface area contributed by atoms with Crippen LogP contribution in [0.1, 0.15) is 10.5 Å². The summed E-state index contributed by atoms with van der Waals surface area (Å²) in [5, 5.41) is 18.4. The van der Waals surface area contributed by atoms with Crippen LogP contribution in [0.15, 0.2) is 54.6 Å². The van der Waals surface area contributed by atoms with E-state index in [1.165, 1.54) is 16.8 Å². The summed E-state index contributed by atoms with van der Waals surface area (Å²) >= 11 is 0. The van der Waals surface area contributed by atoms with Gasteiger partial charge in [-0.05, 0) is 56.6 Å². The zero-order valence-electron chi connectivity index (χ0n) is 17.0. The number of carbonyl (C=O) groups excluding carboxylic acids is 1. The largest absolute Gasteiger partial charge is 0.497 e. The van der Waals surface area contributed by atoms with Gasteiger partial charge in [-0.1, -0.05) is 0 Å². The van der Waals surface area contributed by atoms with E-state index in [2.05, 4.69) is 10.4 Å². The first kappa shape index (κ1) is 21.0. The molecule has 1 amide bonds. The quantitative estimate of drug-likeness (QED) is 0.453. The lowest BCUT2D eigenvalue weighted by atomic mass is 10.1. The van der Waals surface area contributed by atoms with E-state index in [4.69, 9.17) is 4.74 Å². The van der Waals surface area contributed by atoms with Crippen molar-refractivity contribution in [1.29, 1.82) is 0 Å². The zero-order chi connectivity index (χ0) is 21.7. The molecule has 30 heavy (non-hydrogen) atoms. The van der Waals surface area contributed by atoms with Gasteiger partial charge in [-0.3, -0.25) is 14.9 Å². The molecule has 3 aromatic rings. The molecule has 156 valence electrons. The Bertz CT molecular complexity index is 1030. The highest BCUT2D eigenvalue weighted by atomic mass is 16.6. The number of amides is 1. The Balaban J connectivity index is 1.98. The smallest absolute Gasteiger partial charge is 0.270 e. The summed E-state index contributed by atoms with van der Waals surface area (Å²) in [5.74, 6) is 0.442. The van der Waals surface area contributed by atoms with Gasteiger partial charge < -0.3 is 15.0 Å². The minimum atomic E-state index is -0.468. The van der Waals surface area contributed by atoms with Gasteiger partial charge in [-0.15, -0.1) is 0 Å². The summed E-state index contributed by atoms with van der Waals surface area (Å²) < 4.78 is 6.68. The zero-order valence-corrected chi connectivity index (χ0v) is 17.0. The molecule has 0 saturated carbocycles. The van der Waals surface area contributed by atoms with Crippen molar-refractivity contribution >= 4 is 11.6 Å². The third-order valence-corrected chi connectivity index (χ3v) is 4.48. The van der Waals surface area contributed by atoms with E-state index in [0.717, 1.165) is 11.3 Å². The highest BCUT2D eigenvalue weighted by molar-refractivity contribution is 5.94. The lowest BCUT2D eigenvalue weighted by Crippen LogP contribution is -2.32. The average Bonchev–Trinajstić information content (AvgIpc) is 3.19. The third kappa shape index (κ3) is 4.81. The molecule has 9 nitrogen and oxygen atoms in total. The SMILES string of the molecule is COc1ccc(-c2cc(C(=O)NCCN(C)C)n(-c3ccc([N+](=O)[O-])cc3)n2)cc1. The fourth-order valence-corrected chi connectivity index (χ4v) is 2.84. The monoisotopic (exact) mass is 409 g/mol. The van der Waals surface area contributed by atoms with Crippen LogP contribution in [-0.2, 0) is 0 Å². The van der Waals surface area contributed by atoms with Crippen LogP contribution in [0.2, 0.25) is 0 Å². The van der Waals surface area contributed by atoms with Crippen LogP contribution in [0.5, 0.6) is 5.75 Å². The number of nitrogens with one attached hydrogen (secondary N) is 1. The fraction of sp³-hybridized carbons (Fsp3) is 0.238. The van der Waals surface area contributed by atoms with E-state index < -0.39 is 4.92 Å². The number of nitro benzene ring substituents is 1. The molecular weight excluding hydrogens is 386 g/mol. The predicted octanol–water partition coefficient (Wildman–Crippen LogP) is 2.75. The first-order valence-electron chi connectivity index (χ1n) is 9.31. The lowest BCUT2D eigenvalue weighted by molar-refractivity contribution is -0.384. The normalized spacial score (nSPS) is 10.8. The van der Waals surface area contributed by atoms with Crippen molar-refractivity contribution in [1.82, 2.24) is 20.0 Å². The summed E-state index contributed by atoms with van der Waals surface area (Å²) in [4.78, 5) is 25.3. The standard InChI is InChI=1S/C21H23N5O4/c1-24(2)13-12-22-21(27)20-14-19(15-4-10-18(30-3)11-5-15)23-25(20)16-6-8-17(9-7-16)26(28)29/h4-11,14H,12-13H2,1-3H3,(H,22,27). The molecule has 1 N–H and O–H groups in total. The Morgan fingerprint density at radius 2 is 1.83 bits per heavy atom. The molecule has 0 spiro atoms. The molecule has 0 bridgehead atoms. The van der Waals surface area contributed by atoms with E-state index in [9.17, 15) is 14.9 Å². The van der Waals surface area contributed by atoms with Crippen molar-refractivity contribution in [2.45, 2.75) is 0 Å². The highest BCUT2D eigenvalue weighted by Gasteiger charge is 2.18.